The molecule has 2 N–H and O–H groups in total. The summed E-state index contributed by atoms with van der Waals surface area (Å²) in [6.07, 6.45) is 0. The molecule has 0 radical (unpaired) electrons. The third kappa shape index (κ3) is 5.36. The van der Waals surface area contributed by atoms with Gasteiger partial charge in [0.1, 0.15) is 7.58 Å². The second-order valence-corrected chi connectivity index (χ2v) is 9.14. The summed E-state index contributed by atoms with van der Waals surface area (Å²) in [6.45, 7) is 0. The van der Waals surface area contributed by atoms with Crippen molar-refractivity contribution in [2.45, 2.75) is 12.1 Å². The molecule has 0 aromatic heterocycles. The first-order valence-electron chi connectivity index (χ1n) is 9.99. The molecule has 2 nitrogen and oxygen atoms in total. The molecule has 150 valence electrons. The second kappa shape index (κ2) is 10.5. The van der Waals surface area contributed by atoms with E-state index in [1.807, 2.05) is 24.3 Å². The largest absolute Gasteiger partial charge is 0.260 e. The molecule has 0 amide bonds. The Balaban J connectivity index is 1.59. The Morgan fingerprint density at radius 3 is 0.900 bits per heavy atom. The lowest BCUT2D eigenvalue weighted by molar-refractivity contribution is 0.748. The third-order valence-corrected chi connectivity index (χ3v) is 6.57. The highest BCUT2D eigenvalue weighted by Gasteiger charge is 2.22. The molecule has 0 saturated carbocycles. The maximum atomic E-state index is 6.91. The number of rotatable bonds is 8. The molecule has 30 heavy (non-hydrogen) atoms. The van der Waals surface area contributed by atoms with Crippen molar-refractivity contribution in [3.05, 3.63) is 144 Å². The van der Waals surface area contributed by atoms with Crippen molar-refractivity contribution < 1.29 is 0 Å². The van der Waals surface area contributed by atoms with Crippen molar-refractivity contribution >= 4 is 18.8 Å². The Hall–Kier alpha value is -2.48. The normalized spacial score (nSPS) is 11.3. The SMILES string of the molecule is ClP(NC(c1ccccc1)c1ccccc1)NC(c1ccccc1)c1ccccc1. The van der Waals surface area contributed by atoms with Gasteiger partial charge in [-0.1, -0.05) is 133 Å². The topological polar surface area (TPSA) is 24.1 Å². The number of hydrogen-bond acceptors (Lipinski definition) is 2. The highest BCUT2D eigenvalue weighted by Crippen LogP contribution is 2.41. The van der Waals surface area contributed by atoms with Crippen LogP contribution in [0.2, 0.25) is 0 Å². The summed E-state index contributed by atoms with van der Waals surface area (Å²) in [5, 5.41) is 7.28. The lowest BCUT2D eigenvalue weighted by Gasteiger charge is -2.27. The van der Waals surface area contributed by atoms with E-state index in [0.717, 1.165) is 0 Å². The van der Waals surface area contributed by atoms with E-state index < -0.39 is 7.58 Å². The Morgan fingerprint density at radius 1 is 0.433 bits per heavy atom. The summed E-state index contributed by atoms with van der Waals surface area (Å²) in [4.78, 5) is 0. The van der Waals surface area contributed by atoms with Crippen LogP contribution in [0.3, 0.4) is 0 Å². The molecule has 0 unspecified atom stereocenters. The molecule has 4 heteroatoms. The first-order valence-corrected chi connectivity index (χ1v) is 12.2. The fraction of sp³-hybridized carbons (Fsp3) is 0.0769. The predicted molar refractivity (Wildman–Crippen MR) is 128 cm³/mol. The lowest BCUT2D eigenvalue weighted by atomic mass is 10.00. The van der Waals surface area contributed by atoms with E-state index in [4.69, 9.17) is 11.2 Å². The van der Waals surface area contributed by atoms with Crippen LogP contribution in [-0.4, -0.2) is 0 Å². The molecule has 0 heterocycles. The lowest BCUT2D eigenvalue weighted by Crippen LogP contribution is -2.25. The van der Waals surface area contributed by atoms with Gasteiger partial charge in [-0.2, -0.15) is 0 Å². The van der Waals surface area contributed by atoms with Gasteiger partial charge in [0.05, 0.1) is 12.1 Å². The molecule has 0 aliphatic carbocycles. The fourth-order valence-corrected chi connectivity index (χ4v) is 5.24. The third-order valence-electron chi connectivity index (χ3n) is 5.02. The van der Waals surface area contributed by atoms with Crippen molar-refractivity contribution in [3.63, 3.8) is 0 Å². The van der Waals surface area contributed by atoms with Crippen LogP contribution < -0.4 is 10.2 Å². The summed E-state index contributed by atoms with van der Waals surface area (Å²) in [5.41, 5.74) is 4.76. The van der Waals surface area contributed by atoms with Crippen LogP contribution in [0, 0.1) is 0 Å². The van der Waals surface area contributed by atoms with Crippen molar-refractivity contribution in [2.24, 2.45) is 0 Å². The summed E-state index contributed by atoms with van der Waals surface area (Å²) in [5.74, 6) is 0. The molecule has 4 aromatic carbocycles. The van der Waals surface area contributed by atoms with Gasteiger partial charge >= 0.3 is 0 Å². The summed E-state index contributed by atoms with van der Waals surface area (Å²) >= 11 is 6.91. The molecule has 4 aromatic rings. The average molecular weight is 431 g/mol. The van der Waals surface area contributed by atoms with E-state index in [9.17, 15) is 0 Å². The van der Waals surface area contributed by atoms with Gasteiger partial charge in [0, 0.05) is 0 Å². The van der Waals surface area contributed by atoms with Gasteiger partial charge in [0.2, 0.25) is 0 Å². The minimum Gasteiger partial charge on any atom is -0.260 e. The maximum absolute atomic E-state index is 6.91. The highest BCUT2D eigenvalue weighted by molar-refractivity contribution is 7.80. The van der Waals surface area contributed by atoms with Crippen LogP contribution in [0.1, 0.15) is 34.3 Å². The molecule has 0 spiro atoms. The molecule has 0 fully saturated rings. The zero-order valence-corrected chi connectivity index (χ0v) is 18.2. The number of hydrogen-bond donors (Lipinski definition) is 2. The summed E-state index contributed by atoms with van der Waals surface area (Å²) in [7, 11) is -1.18. The number of nitrogens with one attached hydrogen (secondary N) is 2. The highest BCUT2D eigenvalue weighted by atomic mass is 35.7. The minimum atomic E-state index is -1.18. The van der Waals surface area contributed by atoms with E-state index in [-0.39, 0.29) is 12.1 Å². The van der Waals surface area contributed by atoms with Crippen LogP contribution in [0.5, 0.6) is 0 Å². The summed E-state index contributed by atoms with van der Waals surface area (Å²) in [6, 6.07) is 41.8. The monoisotopic (exact) mass is 430 g/mol. The fourth-order valence-electron chi connectivity index (χ4n) is 3.53. The minimum absolute atomic E-state index is 0.00991. The second-order valence-electron chi connectivity index (χ2n) is 7.05. The Bertz CT molecular complexity index is 850. The molecule has 4 rings (SSSR count). The van der Waals surface area contributed by atoms with Crippen LogP contribution in [0.4, 0.5) is 0 Å². The van der Waals surface area contributed by atoms with Crippen molar-refractivity contribution in [1.29, 1.82) is 0 Å². The van der Waals surface area contributed by atoms with Gasteiger partial charge in [0.25, 0.3) is 0 Å². The number of benzene rings is 4. The van der Waals surface area contributed by atoms with E-state index in [1.54, 1.807) is 0 Å². The zero-order chi connectivity index (χ0) is 20.6. The molecule has 0 aliphatic rings. The van der Waals surface area contributed by atoms with Crippen LogP contribution in [0.25, 0.3) is 0 Å². The van der Waals surface area contributed by atoms with E-state index in [1.165, 1.54) is 22.3 Å². The van der Waals surface area contributed by atoms with E-state index in [0.29, 0.717) is 0 Å². The molecule has 0 atom stereocenters. The Labute approximate surface area is 184 Å². The number of halogens is 1. The van der Waals surface area contributed by atoms with Gasteiger partial charge in [-0.15, -0.1) is 0 Å². The Morgan fingerprint density at radius 2 is 0.667 bits per heavy atom. The van der Waals surface area contributed by atoms with Crippen molar-refractivity contribution in [3.8, 4) is 0 Å². The van der Waals surface area contributed by atoms with Gasteiger partial charge in [-0.05, 0) is 22.3 Å². The smallest absolute Gasteiger partial charge is 0.136 e. The quantitative estimate of drug-likeness (QED) is 0.288. The molecular formula is C26H24ClN2P. The first-order chi connectivity index (χ1) is 14.8. The van der Waals surface area contributed by atoms with Crippen molar-refractivity contribution in [2.75, 3.05) is 0 Å². The molecule has 0 saturated heterocycles. The molecule has 0 aliphatic heterocycles. The average Bonchev–Trinajstić information content (AvgIpc) is 2.83. The maximum Gasteiger partial charge on any atom is 0.136 e. The van der Waals surface area contributed by atoms with Gasteiger partial charge in [-0.25, -0.2) is 0 Å². The van der Waals surface area contributed by atoms with Crippen LogP contribution in [0.15, 0.2) is 121 Å². The standard InChI is InChI=1S/C26H24ClN2P/c27-30(28-25(21-13-5-1-6-14-21)22-15-7-2-8-16-22)29-26(23-17-9-3-10-18-23)24-19-11-4-12-20-24/h1-20,25-26,28-29H. The first kappa shape index (κ1) is 20.8. The van der Waals surface area contributed by atoms with E-state index >= 15 is 0 Å². The van der Waals surface area contributed by atoms with Crippen LogP contribution in [-0.2, 0) is 0 Å². The molecule has 0 bridgehead atoms. The molecular weight excluding hydrogens is 407 g/mol. The Kier molecular flexibility index (Phi) is 7.29. The predicted octanol–water partition coefficient (Wildman–Crippen LogP) is 7.21. The zero-order valence-electron chi connectivity index (χ0n) is 16.5. The van der Waals surface area contributed by atoms with E-state index in [2.05, 4.69) is 107 Å². The van der Waals surface area contributed by atoms with Crippen LogP contribution >= 0.6 is 18.8 Å². The van der Waals surface area contributed by atoms with Gasteiger partial charge in [0.15, 0.2) is 0 Å². The van der Waals surface area contributed by atoms with Gasteiger partial charge < -0.3 is 0 Å². The summed E-state index contributed by atoms with van der Waals surface area (Å²) < 4.78 is 0. The van der Waals surface area contributed by atoms with Gasteiger partial charge in [-0.3, -0.25) is 10.2 Å². The van der Waals surface area contributed by atoms with Crippen molar-refractivity contribution in [1.82, 2.24) is 10.2 Å².